The van der Waals surface area contributed by atoms with E-state index < -0.39 is 0 Å². The first kappa shape index (κ1) is 16.3. The number of hydrogen-bond donors (Lipinski definition) is 0. The van der Waals surface area contributed by atoms with E-state index in [-0.39, 0.29) is 5.91 Å². The maximum Gasteiger partial charge on any atom is 0.219 e. The van der Waals surface area contributed by atoms with E-state index in [0.717, 1.165) is 46.8 Å². The van der Waals surface area contributed by atoms with Gasteiger partial charge in [-0.3, -0.25) is 9.48 Å². The lowest BCUT2D eigenvalue weighted by Crippen LogP contribution is -2.38. The fraction of sp³-hybridized carbons (Fsp3) is 0.529. The zero-order valence-corrected chi connectivity index (χ0v) is 15.3. The van der Waals surface area contributed by atoms with Gasteiger partial charge in [0.1, 0.15) is 5.75 Å². The number of amides is 1. The van der Waals surface area contributed by atoms with Crippen molar-refractivity contribution in [2.24, 2.45) is 0 Å². The van der Waals surface area contributed by atoms with Crippen LogP contribution >= 0.6 is 15.9 Å². The second-order valence-corrected chi connectivity index (χ2v) is 7.10. The Balaban J connectivity index is 1.76. The van der Waals surface area contributed by atoms with E-state index in [0.29, 0.717) is 12.1 Å². The van der Waals surface area contributed by atoms with Crippen molar-refractivity contribution in [2.45, 2.75) is 44.7 Å². The van der Waals surface area contributed by atoms with Crippen LogP contribution in [0.2, 0.25) is 0 Å². The van der Waals surface area contributed by atoms with Crippen molar-refractivity contribution in [3.8, 4) is 5.75 Å². The number of benzene rings is 1. The molecule has 0 bridgehead atoms. The number of carbonyl (C=O) groups is 1. The molecule has 0 aliphatic heterocycles. The standard InChI is InChI=1S/C17H22BrN3O2/c1-11(22)20(2)13-4-6-14(7-5-13)21-10-12-8-15(18)17(23-3)9-16(12)19-21/h8-10,13-14H,4-7H2,1-3H3/t13-,14-. The van der Waals surface area contributed by atoms with Gasteiger partial charge in [-0.25, -0.2) is 0 Å². The maximum atomic E-state index is 11.5. The highest BCUT2D eigenvalue weighted by atomic mass is 79.9. The molecule has 0 radical (unpaired) electrons. The Morgan fingerprint density at radius 3 is 2.65 bits per heavy atom. The van der Waals surface area contributed by atoms with E-state index >= 15 is 0 Å². The van der Waals surface area contributed by atoms with Gasteiger partial charge in [-0.05, 0) is 47.7 Å². The molecule has 1 amide bonds. The van der Waals surface area contributed by atoms with E-state index in [1.54, 1.807) is 14.0 Å². The summed E-state index contributed by atoms with van der Waals surface area (Å²) in [5.74, 6) is 0.949. The van der Waals surface area contributed by atoms with Gasteiger partial charge in [-0.15, -0.1) is 0 Å². The van der Waals surface area contributed by atoms with Crippen LogP contribution in [0.15, 0.2) is 22.8 Å². The minimum atomic E-state index is 0.148. The topological polar surface area (TPSA) is 47.4 Å². The highest BCUT2D eigenvalue weighted by Gasteiger charge is 2.26. The van der Waals surface area contributed by atoms with Gasteiger partial charge in [-0.1, -0.05) is 0 Å². The fourth-order valence-electron chi connectivity index (χ4n) is 3.35. The molecule has 0 N–H and O–H groups in total. The Kier molecular flexibility index (Phi) is 4.62. The van der Waals surface area contributed by atoms with Gasteiger partial charge in [0.2, 0.25) is 5.91 Å². The summed E-state index contributed by atoms with van der Waals surface area (Å²) in [6, 6.07) is 4.78. The quantitative estimate of drug-likeness (QED) is 0.815. The third kappa shape index (κ3) is 3.22. The molecular weight excluding hydrogens is 358 g/mol. The van der Waals surface area contributed by atoms with Gasteiger partial charge >= 0.3 is 0 Å². The molecule has 0 atom stereocenters. The van der Waals surface area contributed by atoms with Crippen molar-refractivity contribution in [3.63, 3.8) is 0 Å². The largest absolute Gasteiger partial charge is 0.495 e. The van der Waals surface area contributed by atoms with Gasteiger partial charge in [0.15, 0.2) is 0 Å². The number of hydrogen-bond acceptors (Lipinski definition) is 3. The van der Waals surface area contributed by atoms with Crippen LogP contribution in [0.4, 0.5) is 0 Å². The van der Waals surface area contributed by atoms with Crippen LogP contribution in [0.25, 0.3) is 10.9 Å². The summed E-state index contributed by atoms with van der Waals surface area (Å²) in [6.07, 6.45) is 6.27. The van der Waals surface area contributed by atoms with Crippen molar-refractivity contribution in [1.82, 2.24) is 14.7 Å². The van der Waals surface area contributed by atoms with Gasteiger partial charge in [-0.2, -0.15) is 5.10 Å². The highest BCUT2D eigenvalue weighted by Crippen LogP contribution is 2.34. The molecule has 2 aromatic rings. The van der Waals surface area contributed by atoms with Gasteiger partial charge < -0.3 is 9.64 Å². The van der Waals surface area contributed by atoms with Crippen molar-refractivity contribution in [2.75, 3.05) is 14.2 Å². The number of nitrogens with zero attached hydrogens (tertiary/aromatic N) is 3. The molecule has 1 aromatic heterocycles. The SMILES string of the molecule is COc1cc2nn([C@H]3CC[C@H](N(C)C(C)=O)CC3)cc2cc1Br. The zero-order valence-electron chi connectivity index (χ0n) is 13.8. The first-order valence-corrected chi connectivity index (χ1v) is 8.74. The monoisotopic (exact) mass is 379 g/mol. The number of halogens is 1. The molecule has 23 heavy (non-hydrogen) atoms. The van der Waals surface area contributed by atoms with Crippen LogP contribution in [0.1, 0.15) is 38.6 Å². The molecule has 5 nitrogen and oxygen atoms in total. The van der Waals surface area contributed by atoms with Crippen LogP contribution in [0, 0.1) is 0 Å². The predicted molar refractivity (Wildman–Crippen MR) is 93.7 cm³/mol. The highest BCUT2D eigenvalue weighted by molar-refractivity contribution is 9.10. The second kappa shape index (κ2) is 6.51. The molecule has 124 valence electrons. The average Bonchev–Trinajstić information content (AvgIpc) is 2.96. The number of carbonyl (C=O) groups excluding carboxylic acids is 1. The fourth-order valence-corrected chi connectivity index (χ4v) is 3.88. The van der Waals surface area contributed by atoms with Crippen LogP contribution in [0.5, 0.6) is 5.75 Å². The molecule has 0 unspecified atom stereocenters. The first-order valence-electron chi connectivity index (χ1n) is 7.95. The number of ether oxygens (including phenoxy) is 1. The molecule has 1 aliphatic rings. The summed E-state index contributed by atoms with van der Waals surface area (Å²) in [4.78, 5) is 13.4. The molecule has 1 aliphatic carbocycles. The van der Waals surface area contributed by atoms with E-state index in [1.165, 1.54) is 0 Å². The molecule has 3 rings (SSSR count). The maximum absolute atomic E-state index is 11.5. The molecular formula is C17H22BrN3O2. The molecule has 0 saturated heterocycles. The predicted octanol–water partition coefficient (Wildman–Crippen LogP) is 3.77. The summed E-state index contributed by atoms with van der Waals surface area (Å²) < 4.78 is 8.36. The molecule has 6 heteroatoms. The Hall–Kier alpha value is -1.56. The lowest BCUT2D eigenvalue weighted by Gasteiger charge is -2.34. The van der Waals surface area contributed by atoms with Crippen LogP contribution < -0.4 is 4.74 Å². The minimum Gasteiger partial charge on any atom is -0.495 e. The lowest BCUT2D eigenvalue weighted by atomic mass is 9.90. The Morgan fingerprint density at radius 1 is 1.35 bits per heavy atom. The van der Waals surface area contributed by atoms with E-state index in [4.69, 9.17) is 9.84 Å². The molecule has 1 aromatic carbocycles. The van der Waals surface area contributed by atoms with Gasteiger partial charge in [0.05, 0.1) is 23.1 Å². The van der Waals surface area contributed by atoms with Crippen molar-refractivity contribution >= 4 is 32.7 Å². The summed E-state index contributed by atoms with van der Waals surface area (Å²) >= 11 is 3.52. The van der Waals surface area contributed by atoms with Crippen LogP contribution in [0.3, 0.4) is 0 Å². The smallest absolute Gasteiger partial charge is 0.219 e. The van der Waals surface area contributed by atoms with Gasteiger partial charge in [0.25, 0.3) is 0 Å². The lowest BCUT2D eigenvalue weighted by molar-refractivity contribution is -0.130. The number of fused-ring (bicyclic) bond motifs is 1. The van der Waals surface area contributed by atoms with Crippen LogP contribution in [-0.4, -0.2) is 40.8 Å². The first-order chi connectivity index (χ1) is 11.0. The second-order valence-electron chi connectivity index (χ2n) is 6.25. The number of aromatic nitrogens is 2. The molecule has 1 saturated carbocycles. The summed E-state index contributed by atoms with van der Waals surface area (Å²) in [5, 5.41) is 5.84. The average molecular weight is 380 g/mol. The van der Waals surface area contributed by atoms with E-state index in [1.807, 2.05) is 24.1 Å². The Bertz CT molecular complexity index is 720. The normalized spacial score (nSPS) is 21.4. The minimum absolute atomic E-state index is 0.148. The Morgan fingerprint density at radius 2 is 2.04 bits per heavy atom. The number of methoxy groups -OCH3 is 1. The van der Waals surface area contributed by atoms with Gasteiger partial charge in [0, 0.05) is 37.7 Å². The molecule has 1 fully saturated rings. The third-order valence-corrected chi connectivity index (χ3v) is 5.50. The van der Waals surface area contributed by atoms with E-state index in [2.05, 4.69) is 26.8 Å². The third-order valence-electron chi connectivity index (χ3n) is 4.88. The summed E-state index contributed by atoms with van der Waals surface area (Å²) in [6.45, 7) is 1.64. The number of rotatable bonds is 3. The van der Waals surface area contributed by atoms with Crippen LogP contribution in [-0.2, 0) is 4.79 Å². The summed E-state index contributed by atoms with van der Waals surface area (Å²) in [5.41, 5.74) is 0.952. The van der Waals surface area contributed by atoms with E-state index in [9.17, 15) is 4.79 Å². The molecule has 1 heterocycles. The summed E-state index contributed by atoms with van der Waals surface area (Å²) in [7, 11) is 3.56. The van der Waals surface area contributed by atoms with Crippen molar-refractivity contribution in [1.29, 1.82) is 0 Å². The molecule has 0 spiro atoms. The Labute approximate surface area is 144 Å². The van der Waals surface area contributed by atoms with Crippen molar-refractivity contribution in [3.05, 3.63) is 22.8 Å². The zero-order chi connectivity index (χ0) is 16.6. The van der Waals surface area contributed by atoms with Crippen molar-refractivity contribution < 1.29 is 9.53 Å².